The summed E-state index contributed by atoms with van der Waals surface area (Å²) in [7, 11) is 1.90. The van der Waals surface area contributed by atoms with Crippen LogP contribution in [0.1, 0.15) is 30.3 Å². The molecule has 1 aromatic heterocycles. The van der Waals surface area contributed by atoms with Gasteiger partial charge in [0, 0.05) is 31.6 Å². The van der Waals surface area contributed by atoms with Crippen LogP contribution in [0.5, 0.6) is 0 Å². The monoisotopic (exact) mass is 253 g/mol. The maximum atomic E-state index is 12.1. The Morgan fingerprint density at radius 2 is 2.29 bits per heavy atom. The molecule has 1 aromatic rings. The third-order valence-corrected chi connectivity index (χ3v) is 4.11. The molecule has 0 atom stereocenters. The molecule has 1 aliphatic rings. The van der Waals surface area contributed by atoms with Gasteiger partial charge in [0.25, 0.3) is 5.91 Å². The molecule has 5 heteroatoms. The van der Waals surface area contributed by atoms with Crippen LogP contribution in [0.2, 0.25) is 0 Å². The average Bonchev–Trinajstić information content (AvgIpc) is 2.91. The number of aromatic nitrogens is 1. The van der Waals surface area contributed by atoms with E-state index in [1.807, 2.05) is 17.3 Å². The van der Waals surface area contributed by atoms with Crippen molar-refractivity contribution < 1.29 is 4.79 Å². The fourth-order valence-electron chi connectivity index (χ4n) is 2.29. The lowest BCUT2D eigenvalue weighted by Gasteiger charge is -2.36. The lowest BCUT2D eigenvalue weighted by atomic mass is 10.0. The Kier molecular flexibility index (Phi) is 4.12. The zero-order valence-electron chi connectivity index (χ0n) is 10.4. The van der Waals surface area contributed by atoms with Crippen LogP contribution in [-0.2, 0) is 0 Å². The molecular weight excluding hydrogens is 234 g/mol. The second-order valence-corrected chi connectivity index (χ2v) is 5.17. The van der Waals surface area contributed by atoms with Gasteiger partial charge in [-0.15, -0.1) is 11.3 Å². The molecule has 0 bridgehead atoms. The summed E-state index contributed by atoms with van der Waals surface area (Å²) in [6.07, 6.45) is 2.14. The SMILES string of the molecule is CCN1CCC(N(C)C(=O)c2cscn2)CC1. The van der Waals surface area contributed by atoms with Crippen molar-refractivity contribution in [3.63, 3.8) is 0 Å². The van der Waals surface area contributed by atoms with Crippen molar-refractivity contribution in [1.82, 2.24) is 14.8 Å². The van der Waals surface area contributed by atoms with E-state index < -0.39 is 0 Å². The topological polar surface area (TPSA) is 36.4 Å². The van der Waals surface area contributed by atoms with Crippen LogP contribution in [-0.4, -0.2) is 53.4 Å². The molecule has 0 spiro atoms. The summed E-state index contributed by atoms with van der Waals surface area (Å²) >= 11 is 1.47. The van der Waals surface area contributed by atoms with Crippen LogP contribution in [0.4, 0.5) is 0 Å². The number of thiazole rings is 1. The van der Waals surface area contributed by atoms with Gasteiger partial charge in [-0.25, -0.2) is 4.98 Å². The van der Waals surface area contributed by atoms with Crippen LogP contribution in [0.3, 0.4) is 0 Å². The molecule has 1 fully saturated rings. The predicted octanol–water partition coefficient (Wildman–Crippen LogP) is 1.70. The van der Waals surface area contributed by atoms with Crippen molar-refractivity contribution >= 4 is 17.2 Å². The highest BCUT2D eigenvalue weighted by Gasteiger charge is 2.25. The standard InChI is InChI=1S/C12H19N3OS/c1-3-15-6-4-10(5-7-15)14(2)12(16)11-8-17-9-13-11/h8-10H,3-7H2,1-2H3. The first-order valence-corrected chi connectivity index (χ1v) is 7.04. The normalized spacial score (nSPS) is 18.2. The number of carbonyl (C=O) groups excluding carboxylic acids is 1. The van der Waals surface area contributed by atoms with Gasteiger partial charge in [0.2, 0.25) is 0 Å². The zero-order valence-corrected chi connectivity index (χ0v) is 11.2. The number of amides is 1. The van der Waals surface area contributed by atoms with E-state index in [1.54, 1.807) is 5.51 Å². The summed E-state index contributed by atoms with van der Waals surface area (Å²) in [4.78, 5) is 20.5. The predicted molar refractivity (Wildman–Crippen MR) is 69.3 cm³/mol. The number of carbonyl (C=O) groups is 1. The lowest BCUT2D eigenvalue weighted by molar-refractivity contribution is 0.0642. The van der Waals surface area contributed by atoms with E-state index in [-0.39, 0.29) is 5.91 Å². The van der Waals surface area contributed by atoms with Gasteiger partial charge in [-0.3, -0.25) is 4.79 Å². The number of nitrogens with zero attached hydrogens (tertiary/aromatic N) is 3. The summed E-state index contributed by atoms with van der Waals surface area (Å²) in [6.45, 7) is 5.48. The van der Waals surface area contributed by atoms with E-state index in [2.05, 4.69) is 16.8 Å². The Hall–Kier alpha value is -0.940. The fraction of sp³-hybridized carbons (Fsp3) is 0.667. The Morgan fingerprint density at radius 3 is 2.82 bits per heavy atom. The van der Waals surface area contributed by atoms with E-state index in [9.17, 15) is 4.79 Å². The molecule has 0 N–H and O–H groups in total. The second-order valence-electron chi connectivity index (χ2n) is 4.46. The average molecular weight is 253 g/mol. The lowest BCUT2D eigenvalue weighted by Crippen LogP contribution is -2.45. The summed E-state index contributed by atoms with van der Waals surface area (Å²) < 4.78 is 0. The molecule has 94 valence electrons. The van der Waals surface area contributed by atoms with Gasteiger partial charge >= 0.3 is 0 Å². The number of rotatable bonds is 3. The fourth-order valence-corrected chi connectivity index (χ4v) is 2.81. The molecule has 0 aromatic carbocycles. The van der Waals surface area contributed by atoms with Crippen LogP contribution >= 0.6 is 11.3 Å². The van der Waals surface area contributed by atoms with Gasteiger partial charge in [0.05, 0.1) is 5.51 Å². The first-order chi connectivity index (χ1) is 8.22. The number of likely N-dealkylation sites (tertiary alicyclic amines) is 1. The third-order valence-electron chi connectivity index (χ3n) is 3.52. The number of hydrogen-bond donors (Lipinski definition) is 0. The van der Waals surface area contributed by atoms with E-state index >= 15 is 0 Å². The quantitative estimate of drug-likeness (QED) is 0.822. The van der Waals surface area contributed by atoms with Crippen molar-refractivity contribution in [1.29, 1.82) is 0 Å². The van der Waals surface area contributed by atoms with Gasteiger partial charge < -0.3 is 9.80 Å². The molecule has 4 nitrogen and oxygen atoms in total. The van der Waals surface area contributed by atoms with Crippen molar-refractivity contribution in [2.24, 2.45) is 0 Å². The second kappa shape index (κ2) is 5.60. The highest BCUT2D eigenvalue weighted by atomic mass is 32.1. The van der Waals surface area contributed by atoms with Crippen molar-refractivity contribution in [3.8, 4) is 0 Å². The Balaban J connectivity index is 1.92. The molecular formula is C12H19N3OS. The highest BCUT2D eigenvalue weighted by Crippen LogP contribution is 2.17. The number of hydrogen-bond acceptors (Lipinski definition) is 4. The van der Waals surface area contributed by atoms with Crippen LogP contribution < -0.4 is 0 Å². The minimum absolute atomic E-state index is 0.0567. The minimum Gasteiger partial charge on any atom is -0.337 e. The maximum Gasteiger partial charge on any atom is 0.273 e. The molecule has 1 saturated heterocycles. The Labute approximate surface area is 106 Å². The molecule has 0 unspecified atom stereocenters. The maximum absolute atomic E-state index is 12.1. The molecule has 0 saturated carbocycles. The van der Waals surface area contributed by atoms with Crippen LogP contribution in [0.25, 0.3) is 0 Å². The van der Waals surface area contributed by atoms with E-state index in [1.165, 1.54) is 11.3 Å². The first kappa shape index (κ1) is 12.5. The number of piperidine rings is 1. The van der Waals surface area contributed by atoms with Crippen LogP contribution in [0, 0.1) is 0 Å². The summed E-state index contributed by atoms with van der Waals surface area (Å²) in [6, 6.07) is 0.368. The molecule has 0 radical (unpaired) electrons. The summed E-state index contributed by atoms with van der Waals surface area (Å²) in [5.41, 5.74) is 2.29. The van der Waals surface area contributed by atoms with Crippen molar-refractivity contribution in [3.05, 3.63) is 16.6 Å². The van der Waals surface area contributed by atoms with Gasteiger partial charge in [-0.2, -0.15) is 0 Å². The highest BCUT2D eigenvalue weighted by molar-refractivity contribution is 7.07. The molecule has 1 aliphatic heterocycles. The molecule has 2 rings (SSSR count). The largest absolute Gasteiger partial charge is 0.337 e. The summed E-state index contributed by atoms with van der Waals surface area (Å²) in [5, 5.41) is 1.82. The first-order valence-electron chi connectivity index (χ1n) is 6.10. The van der Waals surface area contributed by atoms with E-state index in [0.29, 0.717) is 11.7 Å². The molecule has 17 heavy (non-hydrogen) atoms. The zero-order chi connectivity index (χ0) is 12.3. The molecule has 1 amide bonds. The van der Waals surface area contributed by atoms with E-state index in [0.717, 1.165) is 32.5 Å². The van der Waals surface area contributed by atoms with Gasteiger partial charge in [0.15, 0.2) is 0 Å². The minimum atomic E-state index is 0.0567. The molecule has 2 heterocycles. The summed E-state index contributed by atoms with van der Waals surface area (Å²) in [5.74, 6) is 0.0567. The van der Waals surface area contributed by atoms with Crippen LogP contribution in [0.15, 0.2) is 10.9 Å². The van der Waals surface area contributed by atoms with Gasteiger partial charge in [0.1, 0.15) is 5.69 Å². The van der Waals surface area contributed by atoms with Gasteiger partial charge in [-0.05, 0) is 19.4 Å². The third kappa shape index (κ3) is 2.84. The van der Waals surface area contributed by atoms with Crippen molar-refractivity contribution in [2.75, 3.05) is 26.7 Å². The Morgan fingerprint density at radius 1 is 1.59 bits per heavy atom. The molecule has 0 aliphatic carbocycles. The van der Waals surface area contributed by atoms with Crippen molar-refractivity contribution in [2.45, 2.75) is 25.8 Å². The van der Waals surface area contributed by atoms with E-state index in [4.69, 9.17) is 0 Å². The smallest absolute Gasteiger partial charge is 0.273 e. The Bertz CT molecular complexity index is 358. The van der Waals surface area contributed by atoms with Gasteiger partial charge in [-0.1, -0.05) is 6.92 Å².